The molecule has 3 heterocycles. The SMILES string of the molecule is COC(=O)c1cccc2nc(NC(=O)c3cn(C)nn3)nn12. The Hall–Kier alpha value is -3.30. The number of carbonyl (C=O) groups excluding carboxylic acids is 2. The van der Waals surface area contributed by atoms with E-state index in [1.165, 1.54) is 22.5 Å². The number of nitrogens with zero attached hydrogens (tertiary/aromatic N) is 6. The second-order valence-corrected chi connectivity index (χ2v) is 4.34. The molecule has 0 atom stereocenters. The van der Waals surface area contributed by atoms with Crippen molar-refractivity contribution in [3.63, 3.8) is 0 Å². The van der Waals surface area contributed by atoms with Crippen LogP contribution in [0.5, 0.6) is 0 Å². The number of methoxy groups -OCH3 is 1. The summed E-state index contributed by atoms with van der Waals surface area (Å²) in [7, 11) is 2.92. The van der Waals surface area contributed by atoms with Crippen molar-refractivity contribution in [3.05, 3.63) is 35.8 Å². The van der Waals surface area contributed by atoms with Crippen LogP contribution in [-0.4, -0.2) is 48.6 Å². The van der Waals surface area contributed by atoms with Gasteiger partial charge in [-0.05, 0) is 12.1 Å². The Morgan fingerprint density at radius 3 is 2.82 bits per heavy atom. The van der Waals surface area contributed by atoms with Crippen molar-refractivity contribution in [1.82, 2.24) is 29.6 Å². The van der Waals surface area contributed by atoms with Crippen LogP contribution in [0.15, 0.2) is 24.4 Å². The average molecular weight is 301 g/mol. The molecule has 0 spiro atoms. The minimum atomic E-state index is -0.553. The van der Waals surface area contributed by atoms with Gasteiger partial charge in [-0.2, -0.15) is 4.98 Å². The monoisotopic (exact) mass is 301 g/mol. The fourth-order valence-electron chi connectivity index (χ4n) is 1.83. The molecule has 1 N–H and O–H groups in total. The molecular formula is C12H11N7O3. The fraction of sp³-hybridized carbons (Fsp3) is 0.167. The molecule has 0 aromatic carbocycles. The van der Waals surface area contributed by atoms with E-state index in [0.717, 1.165) is 0 Å². The maximum Gasteiger partial charge on any atom is 0.356 e. The van der Waals surface area contributed by atoms with Crippen molar-refractivity contribution in [2.24, 2.45) is 7.05 Å². The lowest BCUT2D eigenvalue weighted by Gasteiger charge is -2.00. The van der Waals surface area contributed by atoms with Crippen LogP contribution in [0.3, 0.4) is 0 Å². The molecule has 3 aromatic rings. The molecule has 3 rings (SSSR count). The van der Waals surface area contributed by atoms with Crippen molar-refractivity contribution >= 4 is 23.5 Å². The van der Waals surface area contributed by atoms with E-state index in [1.807, 2.05) is 0 Å². The highest BCUT2D eigenvalue weighted by Crippen LogP contribution is 2.10. The fourth-order valence-corrected chi connectivity index (χ4v) is 1.83. The topological polar surface area (TPSA) is 116 Å². The van der Waals surface area contributed by atoms with E-state index in [1.54, 1.807) is 25.2 Å². The lowest BCUT2D eigenvalue weighted by atomic mass is 10.3. The maximum atomic E-state index is 12.0. The number of hydrogen-bond acceptors (Lipinski definition) is 7. The zero-order valence-corrected chi connectivity index (χ0v) is 11.7. The average Bonchev–Trinajstić information content (AvgIpc) is 3.11. The van der Waals surface area contributed by atoms with Gasteiger partial charge in [0, 0.05) is 7.05 Å². The number of aryl methyl sites for hydroxylation is 1. The number of pyridine rings is 1. The predicted molar refractivity (Wildman–Crippen MR) is 73.3 cm³/mol. The van der Waals surface area contributed by atoms with Crippen molar-refractivity contribution in [1.29, 1.82) is 0 Å². The van der Waals surface area contributed by atoms with Gasteiger partial charge in [-0.1, -0.05) is 11.3 Å². The third kappa shape index (κ3) is 2.37. The predicted octanol–water partition coefficient (Wildman–Crippen LogP) is -0.103. The molecular weight excluding hydrogens is 290 g/mol. The number of esters is 1. The summed E-state index contributed by atoms with van der Waals surface area (Å²) in [5, 5.41) is 13.9. The number of carbonyl (C=O) groups is 2. The molecule has 10 heteroatoms. The highest BCUT2D eigenvalue weighted by Gasteiger charge is 2.16. The first kappa shape index (κ1) is 13.7. The van der Waals surface area contributed by atoms with Gasteiger partial charge in [0.05, 0.1) is 13.3 Å². The molecule has 112 valence electrons. The minimum absolute atomic E-state index is 0.0482. The summed E-state index contributed by atoms with van der Waals surface area (Å²) in [4.78, 5) is 27.8. The summed E-state index contributed by atoms with van der Waals surface area (Å²) in [5.41, 5.74) is 0.736. The van der Waals surface area contributed by atoms with E-state index in [2.05, 4.69) is 30.4 Å². The minimum Gasteiger partial charge on any atom is -0.464 e. The Morgan fingerprint density at radius 2 is 2.14 bits per heavy atom. The molecule has 0 saturated heterocycles. The van der Waals surface area contributed by atoms with E-state index in [9.17, 15) is 9.59 Å². The summed E-state index contributed by atoms with van der Waals surface area (Å²) in [6, 6.07) is 4.84. The van der Waals surface area contributed by atoms with Crippen molar-refractivity contribution in [2.75, 3.05) is 12.4 Å². The third-order valence-electron chi connectivity index (χ3n) is 2.81. The second-order valence-electron chi connectivity index (χ2n) is 4.34. The zero-order valence-electron chi connectivity index (χ0n) is 11.7. The Morgan fingerprint density at radius 1 is 1.32 bits per heavy atom. The molecule has 22 heavy (non-hydrogen) atoms. The van der Waals surface area contributed by atoms with E-state index >= 15 is 0 Å². The summed E-state index contributed by atoms with van der Waals surface area (Å²) in [6.45, 7) is 0. The first-order valence-electron chi connectivity index (χ1n) is 6.20. The molecule has 0 aliphatic rings. The lowest BCUT2D eigenvalue weighted by Crippen LogP contribution is -2.14. The summed E-state index contributed by atoms with van der Waals surface area (Å²) in [6.07, 6.45) is 1.46. The van der Waals surface area contributed by atoms with Gasteiger partial charge in [0.25, 0.3) is 5.91 Å². The first-order valence-corrected chi connectivity index (χ1v) is 6.20. The molecule has 3 aromatic heterocycles. The standard InChI is InChI=1S/C12H11N7O3/c1-18-6-7(15-17-18)10(20)14-12-13-9-5-3-4-8(11(21)22-2)19(9)16-12/h3-6H,1-2H3,(H,14,16,20). The first-order chi connectivity index (χ1) is 10.6. The van der Waals surface area contributed by atoms with Gasteiger partial charge >= 0.3 is 5.97 Å². The Balaban J connectivity index is 1.92. The van der Waals surface area contributed by atoms with Gasteiger partial charge in [-0.3, -0.25) is 14.8 Å². The molecule has 0 fully saturated rings. The van der Waals surface area contributed by atoms with Crippen molar-refractivity contribution in [2.45, 2.75) is 0 Å². The van der Waals surface area contributed by atoms with Crippen LogP contribution in [0.2, 0.25) is 0 Å². The van der Waals surface area contributed by atoms with Gasteiger partial charge in [-0.25, -0.2) is 9.31 Å². The normalized spacial score (nSPS) is 10.6. The summed E-state index contributed by atoms with van der Waals surface area (Å²) >= 11 is 0. The molecule has 0 radical (unpaired) electrons. The van der Waals surface area contributed by atoms with Gasteiger partial charge in [0.2, 0.25) is 5.95 Å². The molecule has 0 bridgehead atoms. The highest BCUT2D eigenvalue weighted by molar-refractivity contribution is 6.01. The van der Waals surface area contributed by atoms with E-state index in [4.69, 9.17) is 0 Å². The molecule has 1 amide bonds. The van der Waals surface area contributed by atoms with Crippen LogP contribution in [0, 0.1) is 0 Å². The number of aromatic nitrogens is 6. The number of nitrogens with one attached hydrogen (secondary N) is 1. The van der Waals surface area contributed by atoms with Crippen LogP contribution in [0.1, 0.15) is 21.0 Å². The van der Waals surface area contributed by atoms with Crippen LogP contribution in [0.25, 0.3) is 5.65 Å². The maximum absolute atomic E-state index is 12.0. The van der Waals surface area contributed by atoms with Gasteiger partial charge in [0.15, 0.2) is 17.0 Å². The quantitative estimate of drug-likeness (QED) is 0.671. The molecule has 10 nitrogen and oxygen atoms in total. The zero-order chi connectivity index (χ0) is 15.7. The Bertz CT molecular complexity index is 867. The van der Waals surface area contributed by atoms with E-state index in [0.29, 0.717) is 5.65 Å². The van der Waals surface area contributed by atoms with Gasteiger partial charge < -0.3 is 4.74 Å². The van der Waals surface area contributed by atoms with E-state index < -0.39 is 11.9 Å². The molecule has 0 saturated carbocycles. The Kier molecular flexibility index (Phi) is 3.26. The summed E-state index contributed by atoms with van der Waals surface area (Å²) in [5.74, 6) is -1.00. The molecule has 0 unspecified atom stereocenters. The largest absolute Gasteiger partial charge is 0.464 e. The Labute approximate surface area is 123 Å². The van der Waals surface area contributed by atoms with Crippen LogP contribution < -0.4 is 5.32 Å². The number of anilines is 1. The van der Waals surface area contributed by atoms with E-state index in [-0.39, 0.29) is 17.3 Å². The number of hydrogen-bond donors (Lipinski definition) is 1. The molecule has 0 aliphatic carbocycles. The van der Waals surface area contributed by atoms with Gasteiger partial charge in [-0.15, -0.1) is 10.2 Å². The van der Waals surface area contributed by atoms with Crippen LogP contribution in [0.4, 0.5) is 5.95 Å². The second kappa shape index (κ2) is 5.24. The molecule has 0 aliphatic heterocycles. The number of fused-ring (bicyclic) bond motifs is 1. The smallest absolute Gasteiger partial charge is 0.356 e. The highest BCUT2D eigenvalue weighted by atomic mass is 16.5. The number of ether oxygens (including phenoxy) is 1. The van der Waals surface area contributed by atoms with Crippen LogP contribution in [-0.2, 0) is 11.8 Å². The number of amides is 1. The van der Waals surface area contributed by atoms with Gasteiger partial charge in [0.1, 0.15) is 0 Å². The lowest BCUT2D eigenvalue weighted by molar-refractivity contribution is 0.0591. The van der Waals surface area contributed by atoms with Crippen molar-refractivity contribution < 1.29 is 14.3 Å². The number of rotatable bonds is 3. The van der Waals surface area contributed by atoms with Crippen LogP contribution >= 0.6 is 0 Å². The van der Waals surface area contributed by atoms with Crippen molar-refractivity contribution in [3.8, 4) is 0 Å². The summed E-state index contributed by atoms with van der Waals surface area (Å²) < 4.78 is 7.36. The third-order valence-corrected chi connectivity index (χ3v) is 2.81.